The molecule has 7 nitrogen and oxygen atoms in total. The molecule has 1 aromatic carbocycles. The largest absolute Gasteiger partial charge is 0.350 e. The first kappa shape index (κ1) is 19.5. The van der Waals surface area contributed by atoms with Gasteiger partial charge in [0.25, 0.3) is 5.91 Å². The van der Waals surface area contributed by atoms with E-state index in [4.69, 9.17) is 0 Å². The number of para-hydroxylation sites is 1. The van der Waals surface area contributed by atoms with Crippen molar-refractivity contribution >= 4 is 15.9 Å². The van der Waals surface area contributed by atoms with E-state index in [2.05, 4.69) is 10.4 Å². The molecule has 1 aromatic heterocycles. The van der Waals surface area contributed by atoms with Gasteiger partial charge in [0.2, 0.25) is 10.0 Å². The Morgan fingerprint density at radius 1 is 1.22 bits per heavy atom. The second-order valence-corrected chi connectivity index (χ2v) is 8.65. The van der Waals surface area contributed by atoms with Crippen LogP contribution in [-0.2, 0) is 10.0 Å². The van der Waals surface area contributed by atoms with E-state index < -0.39 is 21.7 Å². The van der Waals surface area contributed by atoms with Crippen molar-refractivity contribution in [3.05, 3.63) is 47.5 Å². The Morgan fingerprint density at radius 2 is 1.93 bits per heavy atom. The normalized spacial score (nSPS) is 15.6. The van der Waals surface area contributed by atoms with E-state index in [1.54, 1.807) is 31.2 Å². The molecule has 0 unspecified atom stereocenters. The van der Waals surface area contributed by atoms with E-state index in [9.17, 15) is 17.6 Å². The van der Waals surface area contributed by atoms with Crippen molar-refractivity contribution in [3.63, 3.8) is 0 Å². The maximum Gasteiger partial charge on any atom is 0.271 e. The number of carbonyl (C=O) groups is 1. The molecule has 0 atom stereocenters. The van der Waals surface area contributed by atoms with Gasteiger partial charge in [-0.3, -0.25) is 4.79 Å². The van der Waals surface area contributed by atoms with Gasteiger partial charge in [-0.25, -0.2) is 21.8 Å². The summed E-state index contributed by atoms with van der Waals surface area (Å²) in [5, 5.41) is 6.74. The van der Waals surface area contributed by atoms with Crippen LogP contribution in [0.2, 0.25) is 0 Å². The number of sulfonamides is 1. The molecular weight excluding hydrogens is 371 g/mol. The average Bonchev–Trinajstić information content (AvgIpc) is 3.04. The molecule has 1 N–H and O–H groups in total. The van der Waals surface area contributed by atoms with Crippen LogP contribution in [0.25, 0.3) is 5.69 Å². The standard InChI is InChI=1S/C18H23FN4O3S/c1-14-13-16(21-23(14)17-8-4-3-7-15(17)19)18(24)20-9-12-27(25,26)22-10-5-2-6-11-22/h3-4,7-8,13H,2,5-6,9-12H2,1H3,(H,20,24). The second kappa shape index (κ2) is 8.18. The number of amides is 1. The van der Waals surface area contributed by atoms with Gasteiger partial charge in [0.15, 0.2) is 5.69 Å². The van der Waals surface area contributed by atoms with E-state index in [0.717, 1.165) is 19.3 Å². The molecule has 0 spiro atoms. The summed E-state index contributed by atoms with van der Waals surface area (Å²) in [7, 11) is -3.37. The predicted molar refractivity (Wildman–Crippen MR) is 99.8 cm³/mol. The number of nitrogens with one attached hydrogen (secondary N) is 1. The van der Waals surface area contributed by atoms with Gasteiger partial charge in [-0.05, 0) is 38.0 Å². The zero-order valence-electron chi connectivity index (χ0n) is 15.2. The number of aryl methyl sites for hydroxylation is 1. The molecule has 0 saturated carbocycles. The van der Waals surface area contributed by atoms with Crippen LogP contribution in [0, 0.1) is 12.7 Å². The minimum atomic E-state index is -3.37. The number of carbonyl (C=O) groups excluding carboxylic acids is 1. The number of hydrogen-bond donors (Lipinski definition) is 1. The van der Waals surface area contributed by atoms with Crippen molar-refractivity contribution < 1.29 is 17.6 Å². The number of rotatable bonds is 6. The highest BCUT2D eigenvalue weighted by Crippen LogP contribution is 2.16. The molecule has 1 aliphatic heterocycles. The van der Waals surface area contributed by atoms with E-state index in [1.165, 1.54) is 15.1 Å². The van der Waals surface area contributed by atoms with Crippen molar-refractivity contribution in [1.29, 1.82) is 0 Å². The minimum absolute atomic E-state index is 0.00325. The summed E-state index contributed by atoms with van der Waals surface area (Å²) >= 11 is 0. The predicted octanol–water partition coefficient (Wildman–Crippen LogP) is 1.87. The average molecular weight is 394 g/mol. The number of piperidine rings is 1. The van der Waals surface area contributed by atoms with E-state index in [0.29, 0.717) is 18.8 Å². The summed E-state index contributed by atoms with van der Waals surface area (Å²) < 4.78 is 41.4. The molecule has 2 heterocycles. The third-order valence-corrected chi connectivity index (χ3v) is 6.43. The van der Waals surface area contributed by atoms with Gasteiger partial charge >= 0.3 is 0 Å². The van der Waals surface area contributed by atoms with E-state index >= 15 is 0 Å². The Kier molecular flexibility index (Phi) is 5.91. The minimum Gasteiger partial charge on any atom is -0.350 e. The number of nitrogens with zero attached hydrogens (tertiary/aromatic N) is 3. The number of hydrogen-bond acceptors (Lipinski definition) is 4. The van der Waals surface area contributed by atoms with Crippen LogP contribution in [0.4, 0.5) is 4.39 Å². The molecule has 146 valence electrons. The lowest BCUT2D eigenvalue weighted by atomic mass is 10.2. The summed E-state index contributed by atoms with van der Waals surface area (Å²) in [4.78, 5) is 12.3. The molecule has 1 aliphatic rings. The maximum absolute atomic E-state index is 13.9. The van der Waals surface area contributed by atoms with Crippen LogP contribution in [0.15, 0.2) is 30.3 Å². The van der Waals surface area contributed by atoms with Crippen LogP contribution in [0.5, 0.6) is 0 Å². The van der Waals surface area contributed by atoms with Gasteiger partial charge in [0.05, 0.1) is 5.75 Å². The van der Waals surface area contributed by atoms with Crippen molar-refractivity contribution in [3.8, 4) is 5.69 Å². The number of aromatic nitrogens is 2. The lowest BCUT2D eigenvalue weighted by molar-refractivity contribution is 0.0950. The highest BCUT2D eigenvalue weighted by atomic mass is 32.2. The molecular formula is C18H23FN4O3S. The Hall–Kier alpha value is -2.26. The highest BCUT2D eigenvalue weighted by Gasteiger charge is 2.24. The summed E-state index contributed by atoms with van der Waals surface area (Å²) in [6.07, 6.45) is 2.80. The Balaban J connectivity index is 1.62. The van der Waals surface area contributed by atoms with Crippen molar-refractivity contribution in [2.24, 2.45) is 0 Å². The van der Waals surface area contributed by atoms with Gasteiger partial charge in [-0.15, -0.1) is 0 Å². The third kappa shape index (κ3) is 4.54. The molecule has 2 aromatic rings. The fourth-order valence-electron chi connectivity index (χ4n) is 3.11. The topological polar surface area (TPSA) is 84.3 Å². The van der Waals surface area contributed by atoms with Crippen molar-refractivity contribution in [1.82, 2.24) is 19.4 Å². The number of halogens is 1. The smallest absolute Gasteiger partial charge is 0.271 e. The van der Waals surface area contributed by atoms with Crippen molar-refractivity contribution in [2.75, 3.05) is 25.4 Å². The molecule has 0 aliphatic carbocycles. The SMILES string of the molecule is Cc1cc(C(=O)NCCS(=O)(=O)N2CCCCC2)nn1-c1ccccc1F. The molecule has 9 heteroatoms. The van der Waals surface area contributed by atoms with Gasteiger partial charge in [0.1, 0.15) is 11.5 Å². The fourth-order valence-corrected chi connectivity index (χ4v) is 4.54. The Bertz CT molecular complexity index is 920. The van der Waals surface area contributed by atoms with Crippen LogP contribution >= 0.6 is 0 Å². The first-order valence-electron chi connectivity index (χ1n) is 8.96. The zero-order chi connectivity index (χ0) is 19.4. The van der Waals surface area contributed by atoms with Crippen LogP contribution in [-0.4, -0.2) is 53.8 Å². The lowest BCUT2D eigenvalue weighted by Crippen LogP contribution is -2.40. The monoisotopic (exact) mass is 394 g/mol. The van der Waals surface area contributed by atoms with Gasteiger partial charge in [-0.2, -0.15) is 5.10 Å². The molecule has 3 rings (SSSR count). The lowest BCUT2D eigenvalue weighted by Gasteiger charge is -2.25. The summed E-state index contributed by atoms with van der Waals surface area (Å²) in [5.74, 6) is -1.07. The second-order valence-electron chi connectivity index (χ2n) is 6.57. The first-order chi connectivity index (χ1) is 12.9. The molecule has 27 heavy (non-hydrogen) atoms. The van der Waals surface area contributed by atoms with Crippen molar-refractivity contribution in [2.45, 2.75) is 26.2 Å². The van der Waals surface area contributed by atoms with Crippen LogP contribution in [0.1, 0.15) is 35.4 Å². The fraction of sp³-hybridized carbons (Fsp3) is 0.444. The van der Waals surface area contributed by atoms with Gasteiger partial charge in [0, 0.05) is 25.3 Å². The highest BCUT2D eigenvalue weighted by molar-refractivity contribution is 7.89. The zero-order valence-corrected chi connectivity index (χ0v) is 16.0. The van der Waals surface area contributed by atoms with Crippen LogP contribution in [0.3, 0.4) is 0 Å². The van der Waals surface area contributed by atoms with E-state index in [1.807, 2.05) is 0 Å². The molecule has 0 radical (unpaired) electrons. The van der Waals surface area contributed by atoms with E-state index in [-0.39, 0.29) is 23.7 Å². The summed E-state index contributed by atoms with van der Waals surface area (Å²) in [6, 6.07) is 7.70. The van der Waals surface area contributed by atoms with Gasteiger partial charge in [-0.1, -0.05) is 18.6 Å². The molecule has 0 bridgehead atoms. The molecule has 1 amide bonds. The number of benzene rings is 1. The third-order valence-electron chi connectivity index (χ3n) is 4.55. The molecule has 1 saturated heterocycles. The molecule has 1 fully saturated rings. The van der Waals surface area contributed by atoms with Gasteiger partial charge < -0.3 is 5.32 Å². The maximum atomic E-state index is 13.9. The Morgan fingerprint density at radius 3 is 2.63 bits per heavy atom. The van der Waals surface area contributed by atoms with Crippen LogP contribution < -0.4 is 5.32 Å². The summed E-state index contributed by atoms with van der Waals surface area (Å²) in [6.45, 7) is 2.81. The first-order valence-corrected chi connectivity index (χ1v) is 10.6. The quantitative estimate of drug-likeness (QED) is 0.811. The summed E-state index contributed by atoms with van der Waals surface area (Å²) in [5.41, 5.74) is 0.971. The Labute approximate surface area is 158 Å².